The summed E-state index contributed by atoms with van der Waals surface area (Å²) in [6, 6.07) is 11.5. The molecule has 0 spiro atoms. The number of fused-ring (bicyclic) bond motifs is 3. The standard InChI is InChI=1S/C40H26N2O22S6/c43-36(17-4-3-5-18(12-17)66(50,51)52)33-30-21-6-1-2-7-22(21)39(46)31-26(16-29(70(62,63)64)35(32(30)31)42-40(33)47)41-34-27(68(56,57)58)14-20(15-28(34)69(59,60)61)65(48,49)11-10-24-37(44)23-9-8-19(67(53,54)55)13-25(23)38(24)45/h1-9,12-16,24,41H,10-11H2,(H,42,47)(H,50,51,52)(H,53,54,55)(H,56,57,58)(H,59,60,61)(H,62,63,64). The first-order chi connectivity index (χ1) is 32.2. The molecule has 0 radical (unpaired) electrons. The Hall–Kier alpha value is -6.71. The molecule has 1 heterocycles. The van der Waals surface area contributed by atoms with E-state index in [9.17, 15) is 97.2 Å². The van der Waals surface area contributed by atoms with Crippen LogP contribution in [0.25, 0.3) is 22.0 Å². The number of carbonyl (C=O) groups excluding carboxylic acids is 4. The van der Waals surface area contributed by atoms with Crippen molar-refractivity contribution in [3.63, 3.8) is 0 Å². The van der Waals surface area contributed by atoms with Crippen LogP contribution >= 0.6 is 0 Å². The van der Waals surface area contributed by atoms with Crippen molar-refractivity contribution < 1.29 is 92.4 Å². The van der Waals surface area contributed by atoms with Crippen LogP contribution in [0.3, 0.4) is 0 Å². The molecule has 0 fully saturated rings. The van der Waals surface area contributed by atoms with Gasteiger partial charge in [-0.15, -0.1) is 0 Å². The van der Waals surface area contributed by atoms with Gasteiger partial charge >= 0.3 is 0 Å². The number of pyridine rings is 1. The highest BCUT2D eigenvalue weighted by Crippen LogP contribution is 2.47. The molecule has 0 aliphatic heterocycles. The van der Waals surface area contributed by atoms with Crippen molar-refractivity contribution in [2.24, 2.45) is 5.92 Å². The second-order valence-electron chi connectivity index (χ2n) is 15.4. The van der Waals surface area contributed by atoms with E-state index in [-0.39, 0.29) is 28.8 Å². The van der Waals surface area contributed by atoms with Crippen LogP contribution in [-0.4, -0.2) is 107 Å². The van der Waals surface area contributed by atoms with Crippen molar-refractivity contribution in [3.8, 4) is 11.1 Å². The molecule has 5 aromatic carbocycles. The molecule has 0 saturated heterocycles. The first kappa shape index (κ1) is 49.7. The van der Waals surface area contributed by atoms with Gasteiger partial charge in [0.15, 0.2) is 33.0 Å². The second kappa shape index (κ2) is 16.4. The zero-order valence-electron chi connectivity index (χ0n) is 34.2. The zero-order chi connectivity index (χ0) is 51.6. The molecule has 1 unspecified atom stereocenters. The van der Waals surface area contributed by atoms with Gasteiger partial charge in [0.25, 0.3) is 56.1 Å². The van der Waals surface area contributed by atoms with Crippen LogP contribution in [0.2, 0.25) is 0 Å². The lowest BCUT2D eigenvalue weighted by molar-refractivity contribution is 0.0834. The molecule has 0 saturated carbocycles. The van der Waals surface area contributed by atoms with Crippen molar-refractivity contribution in [3.05, 3.63) is 129 Å². The van der Waals surface area contributed by atoms with Crippen LogP contribution in [-0.2, 0) is 60.4 Å². The molecule has 364 valence electrons. The maximum Gasteiger partial charge on any atom is 0.296 e. The minimum absolute atomic E-state index is 0.140. The molecule has 24 nitrogen and oxygen atoms in total. The Bertz CT molecular complexity index is 4190. The Labute approximate surface area is 393 Å². The van der Waals surface area contributed by atoms with E-state index in [1.807, 2.05) is 0 Å². The molecule has 2 aliphatic rings. The summed E-state index contributed by atoms with van der Waals surface area (Å²) in [6.45, 7) is 0. The summed E-state index contributed by atoms with van der Waals surface area (Å²) in [5.41, 5.74) is -9.17. The van der Waals surface area contributed by atoms with Crippen LogP contribution in [0.4, 0.5) is 11.4 Å². The quantitative estimate of drug-likeness (QED) is 0.0496. The highest BCUT2D eigenvalue weighted by Gasteiger charge is 2.41. The number of Topliss-reactive ketones (excluding diaryl/α,β-unsaturated/α-hetero) is 2. The van der Waals surface area contributed by atoms with Crippen molar-refractivity contribution in [2.75, 3.05) is 11.1 Å². The van der Waals surface area contributed by atoms with Gasteiger partial charge in [0.1, 0.15) is 14.7 Å². The Morgan fingerprint density at radius 2 is 1.10 bits per heavy atom. The number of aromatic nitrogens is 1. The summed E-state index contributed by atoms with van der Waals surface area (Å²) in [4.78, 5) is 63.5. The number of anilines is 2. The minimum Gasteiger partial charge on any atom is -0.353 e. The fourth-order valence-corrected chi connectivity index (χ4v) is 12.8. The van der Waals surface area contributed by atoms with E-state index >= 15 is 0 Å². The number of rotatable bonds is 13. The first-order valence-corrected chi connectivity index (χ1v) is 27.9. The molecule has 6 aromatic rings. The Morgan fingerprint density at radius 3 is 1.67 bits per heavy atom. The summed E-state index contributed by atoms with van der Waals surface area (Å²) >= 11 is 0. The van der Waals surface area contributed by atoms with E-state index in [1.165, 1.54) is 18.2 Å². The molecule has 7 N–H and O–H groups in total. The van der Waals surface area contributed by atoms with Gasteiger partial charge in [-0.05, 0) is 60.5 Å². The Kier molecular flexibility index (Phi) is 11.7. The van der Waals surface area contributed by atoms with Crippen molar-refractivity contribution in [1.82, 2.24) is 4.98 Å². The Balaban J connectivity index is 1.33. The van der Waals surface area contributed by atoms with Crippen LogP contribution in [0.5, 0.6) is 0 Å². The number of aromatic amines is 1. The number of nitrogens with one attached hydrogen (secondary N) is 2. The molecule has 1 atom stereocenters. The minimum atomic E-state index is -5.93. The third-order valence-corrected chi connectivity index (χ3v) is 17.2. The lowest BCUT2D eigenvalue weighted by Gasteiger charge is -2.26. The average Bonchev–Trinajstić information content (AvgIpc) is 3.49. The molecule has 1 aromatic heterocycles. The van der Waals surface area contributed by atoms with E-state index in [1.54, 1.807) is 0 Å². The number of hydrogen-bond donors (Lipinski definition) is 7. The number of H-pyrrole nitrogens is 1. The molecular formula is C40H26N2O22S6. The van der Waals surface area contributed by atoms with Crippen molar-refractivity contribution >= 4 is 106 Å². The van der Waals surface area contributed by atoms with Gasteiger partial charge in [0.2, 0.25) is 0 Å². The topological polar surface area (TPSA) is 419 Å². The van der Waals surface area contributed by atoms with E-state index in [4.69, 9.17) is 0 Å². The van der Waals surface area contributed by atoms with Gasteiger partial charge in [0.05, 0.1) is 54.4 Å². The number of hydrogen-bond acceptors (Lipinski definition) is 18. The number of sulfone groups is 1. The van der Waals surface area contributed by atoms with E-state index in [0.717, 1.165) is 36.4 Å². The van der Waals surface area contributed by atoms with Crippen LogP contribution in [0.15, 0.2) is 119 Å². The Morgan fingerprint density at radius 1 is 0.543 bits per heavy atom. The smallest absolute Gasteiger partial charge is 0.296 e. The molecular weight excluding hydrogens is 1050 g/mol. The van der Waals surface area contributed by atoms with Crippen molar-refractivity contribution in [2.45, 2.75) is 35.8 Å². The zero-order valence-corrected chi connectivity index (χ0v) is 39.1. The monoisotopic (exact) mass is 1080 g/mol. The predicted molar refractivity (Wildman–Crippen MR) is 237 cm³/mol. The second-order valence-corrected chi connectivity index (χ2v) is 24.5. The van der Waals surface area contributed by atoms with Gasteiger partial charge in [0, 0.05) is 33.2 Å². The number of ketones is 4. The summed E-state index contributed by atoms with van der Waals surface area (Å²) in [5, 5.41) is 1.40. The fraction of sp³-hybridized carbons (Fsp3) is 0.0750. The summed E-state index contributed by atoms with van der Waals surface area (Å²) in [5.74, 6) is -7.63. The highest BCUT2D eigenvalue weighted by atomic mass is 32.2. The largest absolute Gasteiger partial charge is 0.353 e. The van der Waals surface area contributed by atoms with Crippen LogP contribution in [0.1, 0.15) is 59.0 Å². The molecule has 30 heteroatoms. The summed E-state index contributed by atoms with van der Waals surface area (Å²) in [7, 11) is -32.5. The van der Waals surface area contributed by atoms with Gasteiger partial charge in [-0.1, -0.05) is 36.4 Å². The summed E-state index contributed by atoms with van der Waals surface area (Å²) in [6.07, 6.45) is -0.915. The highest BCUT2D eigenvalue weighted by molar-refractivity contribution is 7.91. The van der Waals surface area contributed by atoms with Crippen LogP contribution in [0, 0.1) is 5.92 Å². The van der Waals surface area contributed by atoms with Crippen LogP contribution < -0.4 is 10.9 Å². The molecule has 0 bridgehead atoms. The SMILES string of the molecule is O=C(c1cccc(S(=O)(=O)O)c1)c1c2c3c(c(Nc4c(S(=O)(=O)O)cc(S(=O)(=O)CCC5C(=O)c6ccc(S(=O)(=O)O)cc6C5=O)cc4S(=O)(=O)O)cc(S(=O)(=O)O)c3[nH]c1=O)C(=O)c1ccccc1-2. The molecule has 2 aliphatic carbocycles. The van der Waals surface area contributed by atoms with Crippen molar-refractivity contribution in [1.29, 1.82) is 0 Å². The molecule has 70 heavy (non-hydrogen) atoms. The lowest BCUT2D eigenvalue weighted by atomic mass is 9.80. The van der Waals surface area contributed by atoms with Gasteiger partial charge in [-0.3, -0.25) is 46.7 Å². The fourth-order valence-electron chi connectivity index (χ4n) is 8.11. The summed E-state index contributed by atoms with van der Waals surface area (Å²) < 4.78 is 204. The number of benzene rings is 5. The maximum atomic E-state index is 14.5. The third kappa shape index (κ3) is 8.56. The lowest BCUT2D eigenvalue weighted by Crippen LogP contribution is -2.25. The predicted octanol–water partition coefficient (Wildman–Crippen LogP) is 2.81. The number of carbonyl (C=O) groups is 4. The molecule has 0 amide bonds. The first-order valence-electron chi connectivity index (χ1n) is 19.1. The maximum absolute atomic E-state index is 14.5. The van der Waals surface area contributed by atoms with E-state index in [2.05, 4.69) is 10.3 Å². The third-order valence-electron chi connectivity index (χ3n) is 11.2. The van der Waals surface area contributed by atoms with Gasteiger partial charge < -0.3 is 10.3 Å². The average molecular weight is 1080 g/mol. The van der Waals surface area contributed by atoms with Gasteiger partial charge in [-0.25, -0.2) is 8.42 Å². The normalized spacial score (nSPS) is 15.2. The van der Waals surface area contributed by atoms with E-state index < -0.39 is 187 Å². The molecule has 8 rings (SSSR count). The van der Waals surface area contributed by atoms with E-state index in [0.29, 0.717) is 18.2 Å². The van der Waals surface area contributed by atoms with Gasteiger partial charge in [-0.2, -0.15) is 42.1 Å².